The number of hydrogen-bond donors (Lipinski definition) is 0. The molecule has 0 unspecified atom stereocenters. The van der Waals surface area contributed by atoms with Gasteiger partial charge >= 0.3 is 0 Å². The van der Waals surface area contributed by atoms with E-state index in [1.54, 1.807) is 20.8 Å². The molecule has 164 valence electrons. The first-order valence-electron chi connectivity index (χ1n) is 8.55. The van der Waals surface area contributed by atoms with E-state index in [0.29, 0.717) is 5.56 Å². The van der Waals surface area contributed by atoms with Crippen molar-refractivity contribution in [1.29, 1.82) is 0 Å². The van der Waals surface area contributed by atoms with Crippen LogP contribution in [-0.2, 0) is 11.3 Å². The maximum Gasteiger partial charge on any atom is 0.200 e. The number of nitrogens with zero attached hydrogens (tertiary/aromatic N) is 1. The van der Waals surface area contributed by atoms with Crippen LogP contribution in [0, 0.1) is 34.9 Å². The van der Waals surface area contributed by atoms with Crippen molar-refractivity contribution in [2.24, 2.45) is 0 Å². The zero-order valence-corrected chi connectivity index (χ0v) is 17.8. The molecule has 0 amide bonds. The second-order valence-corrected chi connectivity index (χ2v) is 8.79. The Balaban J connectivity index is 2.40. The fourth-order valence-electron chi connectivity index (χ4n) is 2.42. The molecule has 0 aliphatic rings. The Kier molecular flexibility index (Phi) is 7.76. The van der Waals surface area contributed by atoms with Crippen molar-refractivity contribution < 1.29 is 31.1 Å². The Hall–Kier alpha value is -1.84. The van der Waals surface area contributed by atoms with Gasteiger partial charge in [0.05, 0.1) is 6.54 Å². The summed E-state index contributed by atoms with van der Waals surface area (Å²) in [6.45, 7) is 8.69. The minimum Gasteiger partial charge on any atom is -0.492 e. The number of halogens is 7. The van der Waals surface area contributed by atoms with E-state index in [-0.39, 0.29) is 35.8 Å². The number of rotatable bonds is 7. The van der Waals surface area contributed by atoms with Gasteiger partial charge in [0, 0.05) is 11.6 Å². The van der Waals surface area contributed by atoms with Crippen LogP contribution in [0.15, 0.2) is 35.4 Å². The van der Waals surface area contributed by atoms with Crippen molar-refractivity contribution in [3.05, 3.63) is 76.0 Å². The summed E-state index contributed by atoms with van der Waals surface area (Å²) in [4.78, 5) is -1.09. The highest BCUT2D eigenvalue weighted by Gasteiger charge is 2.28. The third-order valence-corrected chi connectivity index (χ3v) is 4.96. The smallest absolute Gasteiger partial charge is 0.200 e. The number of ether oxygens (including phenoxy) is 1. The Morgan fingerprint density at radius 1 is 1.00 bits per heavy atom. The lowest BCUT2D eigenvalue weighted by atomic mass is 10.2. The van der Waals surface area contributed by atoms with E-state index in [4.69, 9.17) is 16.3 Å². The minimum absolute atomic E-state index is 0.0281. The van der Waals surface area contributed by atoms with Gasteiger partial charge in [-0.15, -0.1) is 0 Å². The first kappa shape index (κ1) is 24.4. The molecule has 2 nitrogen and oxygen atoms in total. The molecule has 2 aromatic rings. The van der Waals surface area contributed by atoms with Crippen LogP contribution >= 0.6 is 23.5 Å². The molecule has 30 heavy (non-hydrogen) atoms. The molecule has 0 bridgehead atoms. The van der Waals surface area contributed by atoms with Crippen molar-refractivity contribution >= 4 is 23.5 Å². The highest BCUT2D eigenvalue weighted by atomic mass is 35.5. The van der Waals surface area contributed by atoms with Crippen LogP contribution in [0.25, 0.3) is 0 Å². The lowest BCUT2D eigenvalue weighted by Gasteiger charge is -2.27. The van der Waals surface area contributed by atoms with Crippen molar-refractivity contribution in [2.75, 3.05) is 6.54 Å². The molecule has 2 aromatic carbocycles. The minimum atomic E-state index is -2.25. The van der Waals surface area contributed by atoms with Crippen LogP contribution in [0.5, 0.6) is 0 Å². The lowest BCUT2D eigenvalue weighted by Crippen LogP contribution is -2.25. The molecule has 2 rings (SSSR count). The average Bonchev–Trinajstić information content (AvgIpc) is 2.62. The molecule has 0 atom stereocenters. The summed E-state index contributed by atoms with van der Waals surface area (Å²) in [6.07, 6.45) is 0. The molecule has 0 aliphatic heterocycles. The Morgan fingerprint density at radius 2 is 1.53 bits per heavy atom. The molecular formula is C20H18ClF6NOS. The largest absolute Gasteiger partial charge is 0.492 e. The summed E-state index contributed by atoms with van der Waals surface area (Å²) < 4.78 is 88.9. The van der Waals surface area contributed by atoms with Gasteiger partial charge in [-0.05, 0) is 50.4 Å². The van der Waals surface area contributed by atoms with E-state index in [2.05, 4.69) is 6.58 Å². The van der Waals surface area contributed by atoms with E-state index in [9.17, 15) is 26.3 Å². The van der Waals surface area contributed by atoms with Crippen LogP contribution in [0.1, 0.15) is 26.3 Å². The summed E-state index contributed by atoms with van der Waals surface area (Å²) in [5.41, 5.74) is -0.274. The summed E-state index contributed by atoms with van der Waals surface area (Å²) >= 11 is 6.29. The summed E-state index contributed by atoms with van der Waals surface area (Å²) in [7, 11) is 0. The van der Waals surface area contributed by atoms with Crippen molar-refractivity contribution in [3.8, 4) is 0 Å². The third kappa shape index (κ3) is 6.09. The molecule has 0 saturated carbocycles. The van der Waals surface area contributed by atoms with Gasteiger partial charge in [0.1, 0.15) is 22.1 Å². The number of benzene rings is 2. The van der Waals surface area contributed by atoms with E-state index >= 15 is 0 Å². The van der Waals surface area contributed by atoms with Gasteiger partial charge in [0.15, 0.2) is 23.3 Å². The predicted molar refractivity (Wildman–Crippen MR) is 104 cm³/mol. The van der Waals surface area contributed by atoms with Gasteiger partial charge in [-0.25, -0.2) is 30.6 Å². The van der Waals surface area contributed by atoms with Crippen LogP contribution in [0.2, 0.25) is 5.02 Å². The zero-order chi connectivity index (χ0) is 22.8. The first-order chi connectivity index (χ1) is 13.8. The third-order valence-electron chi connectivity index (χ3n) is 3.55. The van der Waals surface area contributed by atoms with E-state index in [1.165, 1.54) is 10.4 Å². The first-order valence-corrected chi connectivity index (χ1v) is 9.70. The molecular weight excluding hydrogens is 452 g/mol. The van der Waals surface area contributed by atoms with Crippen LogP contribution in [0.4, 0.5) is 26.3 Å². The molecule has 0 fully saturated rings. The maximum absolute atomic E-state index is 14.1. The summed E-state index contributed by atoms with van der Waals surface area (Å²) in [5.74, 6) is -10.7. The highest BCUT2D eigenvalue weighted by Crippen LogP contribution is 2.35. The fourth-order valence-corrected chi connectivity index (χ4v) is 3.65. The lowest BCUT2D eigenvalue weighted by molar-refractivity contribution is 0.0456. The molecule has 10 heteroatoms. The van der Waals surface area contributed by atoms with E-state index in [0.717, 1.165) is 12.1 Å². The molecule has 0 spiro atoms. The van der Waals surface area contributed by atoms with Crippen LogP contribution in [0.3, 0.4) is 0 Å². The van der Waals surface area contributed by atoms with Crippen molar-refractivity contribution in [1.82, 2.24) is 4.31 Å². The van der Waals surface area contributed by atoms with E-state index in [1.807, 2.05) is 0 Å². The Morgan fingerprint density at radius 3 is 2.03 bits per heavy atom. The maximum atomic E-state index is 14.1. The normalized spacial score (nSPS) is 11.8. The second kappa shape index (κ2) is 9.53. The monoisotopic (exact) mass is 469 g/mol. The summed E-state index contributed by atoms with van der Waals surface area (Å²) in [5, 5.41) is 0.0281. The average molecular weight is 470 g/mol. The van der Waals surface area contributed by atoms with Crippen LogP contribution in [-0.4, -0.2) is 16.5 Å². The topological polar surface area (TPSA) is 12.5 Å². The van der Waals surface area contributed by atoms with Gasteiger partial charge in [0.25, 0.3) is 0 Å². The second-order valence-electron chi connectivity index (χ2n) is 7.28. The summed E-state index contributed by atoms with van der Waals surface area (Å²) in [6, 6.07) is 3.51. The Labute approximate surface area is 179 Å². The standard InChI is InChI=1S/C20H18ClF6NOS/c1-10(29-20(2,3)4)8-28(9-11-5-6-12(22)7-13(11)21)30-19-17(26)15(24)14(23)16(25)18(19)27/h5-7H,1,8-9H2,2-4H3. The zero-order valence-electron chi connectivity index (χ0n) is 16.3. The van der Waals surface area contributed by atoms with Gasteiger partial charge < -0.3 is 4.74 Å². The van der Waals surface area contributed by atoms with Crippen molar-refractivity contribution in [2.45, 2.75) is 37.8 Å². The molecule has 0 aromatic heterocycles. The SMILES string of the molecule is C=C(CN(Cc1ccc(F)cc1Cl)Sc1c(F)c(F)c(F)c(F)c1F)OC(C)(C)C. The molecule has 0 heterocycles. The molecule has 0 N–H and O–H groups in total. The molecule has 0 saturated heterocycles. The predicted octanol–water partition coefficient (Wildman–Crippen LogP) is 7.01. The molecule has 0 aliphatic carbocycles. The van der Waals surface area contributed by atoms with Crippen LogP contribution < -0.4 is 0 Å². The highest BCUT2D eigenvalue weighted by molar-refractivity contribution is 7.97. The molecule has 0 radical (unpaired) electrons. The van der Waals surface area contributed by atoms with Gasteiger partial charge in [-0.1, -0.05) is 24.2 Å². The number of hydrogen-bond acceptors (Lipinski definition) is 3. The van der Waals surface area contributed by atoms with Gasteiger partial charge in [-0.2, -0.15) is 0 Å². The fraction of sp³-hybridized carbons (Fsp3) is 0.300. The Bertz CT molecular complexity index is 934. The van der Waals surface area contributed by atoms with Gasteiger partial charge in [0.2, 0.25) is 5.82 Å². The van der Waals surface area contributed by atoms with E-state index < -0.39 is 45.4 Å². The quantitative estimate of drug-likeness (QED) is 0.142. The van der Waals surface area contributed by atoms with Gasteiger partial charge in [-0.3, -0.25) is 0 Å². The van der Waals surface area contributed by atoms with Crippen molar-refractivity contribution in [3.63, 3.8) is 0 Å².